The third-order valence-corrected chi connectivity index (χ3v) is 6.21. The Bertz CT molecular complexity index is 1260. The van der Waals surface area contributed by atoms with E-state index in [0.29, 0.717) is 17.0 Å². The number of nitrogens with zero attached hydrogens (tertiary/aromatic N) is 4. The number of ether oxygens (including phenoxy) is 4. The summed E-state index contributed by atoms with van der Waals surface area (Å²) < 4.78 is 23.6. The molecule has 13 heteroatoms. The zero-order valence-corrected chi connectivity index (χ0v) is 20.3. The lowest BCUT2D eigenvalue weighted by molar-refractivity contribution is -0.166. The smallest absolute Gasteiger partial charge is 0.303 e. The Hall–Kier alpha value is -3.09. The van der Waals surface area contributed by atoms with Gasteiger partial charge in [-0.15, -0.1) is 11.3 Å². The van der Waals surface area contributed by atoms with Crippen LogP contribution in [0.5, 0.6) is 0 Å². The van der Waals surface area contributed by atoms with Crippen LogP contribution in [0.3, 0.4) is 0 Å². The van der Waals surface area contributed by atoms with E-state index in [0.717, 1.165) is 9.75 Å². The van der Waals surface area contributed by atoms with Crippen LogP contribution in [0.15, 0.2) is 18.5 Å². The van der Waals surface area contributed by atoms with Crippen LogP contribution in [-0.4, -0.2) is 62.3 Å². The van der Waals surface area contributed by atoms with Gasteiger partial charge in [0, 0.05) is 25.6 Å². The van der Waals surface area contributed by atoms with Crippen LogP contribution in [0.4, 0.5) is 0 Å². The van der Waals surface area contributed by atoms with Crippen molar-refractivity contribution in [2.24, 2.45) is 0 Å². The van der Waals surface area contributed by atoms with E-state index >= 15 is 0 Å². The number of imidazole rings is 1. The van der Waals surface area contributed by atoms with Gasteiger partial charge in [-0.3, -0.25) is 19.0 Å². The molecule has 0 amide bonds. The molecule has 1 saturated heterocycles. The fourth-order valence-corrected chi connectivity index (χ4v) is 4.66. The predicted octanol–water partition coefficient (Wildman–Crippen LogP) is 2.84. The number of carbonyl (C=O) groups excluding carboxylic acids is 3. The van der Waals surface area contributed by atoms with Gasteiger partial charge in [0.25, 0.3) is 0 Å². The third-order valence-electron chi connectivity index (χ3n) is 4.95. The van der Waals surface area contributed by atoms with E-state index in [4.69, 9.17) is 30.5 Å². The van der Waals surface area contributed by atoms with Crippen molar-refractivity contribution in [2.75, 3.05) is 6.61 Å². The Balaban J connectivity index is 1.79. The van der Waals surface area contributed by atoms with Gasteiger partial charge in [-0.1, -0.05) is 11.6 Å². The minimum atomic E-state index is -1.07. The summed E-state index contributed by atoms with van der Waals surface area (Å²) in [5, 5.41) is 0.139. The highest BCUT2D eigenvalue weighted by Crippen LogP contribution is 2.37. The number of halogens is 1. The Kier molecular flexibility index (Phi) is 6.82. The summed E-state index contributed by atoms with van der Waals surface area (Å²) in [6, 6.07) is 3.83. The first-order chi connectivity index (χ1) is 16.1. The van der Waals surface area contributed by atoms with Gasteiger partial charge in [0.2, 0.25) is 0 Å². The van der Waals surface area contributed by atoms with Gasteiger partial charge in [-0.25, -0.2) is 15.0 Å². The summed E-state index contributed by atoms with van der Waals surface area (Å²) in [5.41, 5.74) is 0.647. The largest absolute Gasteiger partial charge is 0.463 e. The van der Waals surface area contributed by atoms with Gasteiger partial charge in [0.1, 0.15) is 18.2 Å². The third kappa shape index (κ3) is 4.88. The molecule has 0 radical (unpaired) electrons. The lowest BCUT2D eigenvalue weighted by atomic mass is 10.1. The van der Waals surface area contributed by atoms with Crippen LogP contribution in [0.2, 0.25) is 5.15 Å². The zero-order valence-electron chi connectivity index (χ0n) is 18.7. The fourth-order valence-electron chi connectivity index (χ4n) is 3.65. The van der Waals surface area contributed by atoms with E-state index in [9.17, 15) is 14.4 Å². The minimum Gasteiger partial charge on any atom is -0.463 e. The van der Waals surface area contributed by atoms with Crippen LogP contribution in [0.25, 0.3) is 21.9 Å². The first-order valence-electron chi connectivity index (χ1n) is 10.2. The molecule has 0 spiro atoms. The number of hydrogen-bond acceptors (Lipinski definition) is 11. The number of hydrogen-bond donors (Lipinski definition) is 0. The second-order valence-corrected chi connectivity index (χ2v) is 9.23. The number of aryl methyl sites for hydroxylation is 1. The van der Waals surface area contributed by atoms with Crippen molar-refractivity contribution in [3.63, 3.8) is 0 Å². The predicted molar refractivity (Wildman–Crippen MR) is 120 cm³/mol. The van der Waals surface area contributed by atoms with E-state index in [1.807, 2.05) is 19.1 Å². The summed E-state index contributed by atoms with van der Waals surface area (Å²) in [4.78, 5) is 50.2. The maximum Gasteiger partial charge on any atom is 0.303 e. The molecule has 4 rings (SSSR count). The zero-order chi connectivity index (χ0) is 24.6. The molecule has 1 unspecified atom stereocenters. The van der Waals surface area contributed by atoms with Gasteiger partial charge in [-0.2, -0.15) is 0 Å². The molecule has 0 aliphatic carbocycles. The van der Waals surface area contributed by atoms with Crippen molar-refractivity contribution in [3.8, 4) is 10.7 Å². The maximum atomic E-state index is 11.9. The van der Waals surface area contributed by atoms with Crippen molar-refractivity contribution in [1.82, 2.24) is 19.5 Å². The average Bonchev–Trinajstić information content (AvgIpc) is 3.44. The SMILES string of the molecule is CC(=O)OC[C@H]1OC(n2cnc3c(Cl)nc(-c4ccc(C)s4)nc32)[C@H](OC(C)=O)[C@@H]1OC(C)=O. The lowest BCUT2D eigenvalue weighted by Crippen LogP contribution is -2.40. The molecule has 3 aromatic rings. The first-order valence-corrected chi connectivity index (χ1v) is 11.4. The van der Waals surface area contributed by atoms with Crippen molar-refractivity contribution < 1.29 is 33.3 Å². The van der Waals surface area contributed by atoms with Crippen LogP contribution < -0.4 is 0 Å². The minimum absolute atomic E-state index is 0.139. The normalized spacial score (nSPS) is 22.0. The topological polar surface area (TPSA) is 132 Å². The Labute approximate surface area is 203 Å². The molecule has 180 valence electrons. The van der Waals surface area contributed by atoms with Gasteiger partial charge >= 0.3 is 17.9 Å². The molecular formula is C21H21ClN4O7S. The van der Waals surface area contributed by atoms with E-state index in [1.165, 1.54) is 43.0 Å². The van der Waals surface area contributed by atoms with Gasteiger partial charge in [0.15, 0.2) is 35.1 Å². The summed E-state index contributed by atoms with van der Waals surface area (Å²) in [7, 11) is 0. The molecule has 1 aliphatic heterocycles. The van der Waals surface area contributed by atoms with Gasteiger partial charge < -0.3 is 18.9 Å². The summed E-state index contributed by atoms with van der Waals surface area (Å²) in [6.07, 6.45) is -2.59. The molecule has 3 aromatic heterocycles. The molecule has 4 heterocycles. The summed E-state index contributed by atoms with van der Waals surface area (Å²) in [5.74, 6) is -1.38. The summed E-state index contributed by atoms with van der Waals surface area (Å²) in [6.45, 7) is 5.43. The average molecular weight is 509 g/mol. The lowest BCUT2D eigenvalue weighted by Gasteiger charge is -2.23. The number of esters is 3. The van der Waals surface area contributed by atoms with Crippen molar-refractivity contribution in [3.05, 3.63) is 28.5 Å². The highest BCUT2D eigenvalue weighted by atomic mass is 35.5. The van der Waals surface area contributed by atoms with Crippen molar-refractivity contribution in [2.45, 2.75) is 52.2 Å². The number of rotatable bonds is 6. The number of aromatic nitrogens is 4. The molecule has 11 nitrogen and oxygen atoms in total. The van der Waals surface area contributed by atoms with Crippen molar-refractivity contribution >= 4 is 52.0 Å². The van der Waals surface area contributed by atoms with Gasteiger partial charge in [-0.05, 0) is 19.1 Å². The number of fused-ring (bicyclic) bond motifs is 1. The van der Waals surface area contributed by atoms with Crippen LogP contribution >= 0.6 is 22.9 Å². The molecule has 1 fully saturated rings. The second kappa shape index (κ2) is 9.65. The molecule has 0 N–H and O–H groups in total. The Morgan fingerprint density at radius 2 is 1.79 bits per heavy atom. The van der Waals surface area contributed by atoms with Crippen LogP contribution in [-0.2, 0) is 33.3 Å². The highest BCUT2D eigenvalue weighted by Gasteiger charge is 2.51. The molecular weight excluding hydrogens is 488 g/mol. The Morgan fingerprint density at radius 3 is 2.41 bits per heavy atom. The van der Waals surface area contributed by atoms with E-state index in [2.05, 4.69) is 15.0 Å². The highest BCUT2D eigenvalue weighted by molar-refractivity contribution is 7.15. The molecule has 0 saturated carbocycles. The molecule has 4 atom stereocenters. The van der Waals surface area contributed by atoms with Gasteiger partial charge in [0.05, 0.1) is 11.2 Å². The number of carbonyl (C=O) groups is 3. The standard InChI is InChI=1S/C21H21ClN4O7S/c1-9-5-6-14(34-9)19-24-18(22)15-20(25-19)26(8-23-15)21-17(32-12(4)29)16(31-11(3)28)13(33-21)7-30-10(2)27/h5-6,8,13,16-17,21H,7H2,1-4H3/t13-,16-,17-,21?/m1/s1. The summed E-state index contributed by atoms with van der Waals surface area (Å²) >= 11 is 7.90. The first kappa shape index (κ1) is 24.0. The van der Waals surface area contributed by atoms with Crippen LogP contribution in [0, 0.1) is 6.92 Å². The van der Waals surface area contributed by atoms with E-state index in [1.54, 1.807) is 0 Å². The molecule has 0 aromatic carbocycles. The van der Waals surface area contributed by atoms with E-state index in [-0.39, 0.29) is 11.8 Å². The fraction of sp³-hybridized carbons (Fsp3) is 0.429. The Morgan fingerprint density at radius 1 is 1.09 bits per heavy atom. The van der Waals surface area contributed by atoms with Crippen LogP contribution in [0.1, 0.15) is 31.9 Å². The monoisotopic (exact) mass is 508 g/mol. The molecule has 1 aliphatic rings. The molecule has 0 bridgehead atoms. The molecule has 34 heavy (non-hydrogen) atoms. The number of thiophene rings is 1. The second-order valence-electron chi connectivity index (χ2n) is 7.59. The maximum absolute atomic E-state index is 11.9. The van der Waals surface area contributed by atoms with Crippen molar-refractivity contribution in [1.29, 1.82) is 0 Å². The van der Waals surface area contributed by atoms with E-state index < -0.39 is 42.4 Å². The quantitative estimate of drug-likeness (QED) is 0.278.